The smallest absolute Gasteiger partial charge is 0.172 e. The van der Waals surface area contributed by atoms with Gasteiger partial charge in [0.05, 0.1) is 17.5 Å². The van der Waals surface area contributed by atoms with Gasteiger partial charge in [0.25, 0.3) is 0 Å². The number of hydrogen-bond donors (Lipinski definition) is 3. The van der Waals surface area contributed by atoms with Crippen LogP contribution in [0.3, 0.4) is 0 Å². The number of H-pyrrole nitrogens is 1. The largest absolute Gasteiger partial charge is 0.493 e. The molecule has 0 spiro atoms. The van der Waals surface area contributed by atoms with Gasteiger partial charge in [0.15, 0.2) is 5.82 Å². The Kier molecular flexibility index (Phi) is 5.38. The lowest BCUT2D eigenvalue weighted by Gasteiger charge is -2.16. The third kappa shape index (κ3) is 3.64. The molecule has 1 heterocycles. The quantitative estimate of drug-likeness (QED) is 0.514. The maximum atomic E-state index is 14.1. The monoisotopic (exact) mass is 294 g/mol. The fraction of sp³-hybridized carbons (Fsp3) is 0.533. The first kappa shape index (κ1) is 15.6. The Morgan fingerprint density at radius 3 is 2.67 bits per heavy atom. The predicted octanol–water partition coefficient (Wildman–Crippen LogP) is 3.58. The molecule has 0 aliphatic carbocycles. The molecule has 0 unspecified atom stereocenters. The number of fused-ring (bicyclic) bond motifs is 1. The number of hydrazine groups is 1. The first-order chi connectivity index (χ1) is 10.2. The van der Waals surface area contributed by atoms with Crippen molar-refractivity contribution in [1.29, 1.82) is 0 Å². The summed E-state index contributed by atoms with van der Waals surface area (Å²) in [7, 11) is 0. The summed E-state index contributed by atoms with van der Waals surface area (Å²) >= 11 is 0. The summed E-state index contributed by atoms with van der Waals surface area (Å²) in [5, 5.41) is 7.01. The molecule has 0 fully saturated rings. The van der Waals surface area contributed by atoms with Crippen LogP contribution >= 0.6 is 0 Å². The Hall–Kier alpha value is -1.82. The summed E-state index contributed by atoms with van der Waals surface area (Å²) in [4.78, 5) is 0. The van der Waals surface area contributed by atoms with Gasteiger partial charge in [0.1, 0.15) is 11.6 Å². The summed E-state index contributed by atoms with van der Waals surface area (Å²) in [5.74, 6) is 6.23. The van der Waals surface area contributed by atoms with E-state index in [1.165, 1.54) is 6.07 Å². The predicted molar refractivity (Wildman–Crippen MR) is 82.7 cm³/mol. The van der Waals surface area contributed by atoms with E-state index >= 15 is 0 Å². The van der Waals surface area contributed by atoms with Crippen molar-refractivity contribution < 1.29 is 9.13 Å². The van der Waals surface area contributed by atoms with Gasteiger partial charge >= 0.3 is 0 Å². The average molecular weight is 294 g/mol. The summed E-state index contributed by atoms with van der Waals surface area (Å²) in [6, 6.07) is 3.13. The van der Waals surface area contributed by atoms with Crippen molar-refractivity contribution in [3.05, 3.63) is 17.9 Å². The van der Waals surface area contributed by atoms with Crippen LogP contribution in [0.2, 0.25) is 0 Å². The van der Waals surface area contributed by atoms with Crippen molar-refractivity contribution in [2.75, 3.05) is 12.0 Å². The molecule has 0 aliphatic heterocycles. The molecule has 0 saturated heterocycles. The molecule has 0 radical (unpaired) electrons. The third-order valence-corrected chi connectivity index (χ3v) is 3.60. The second kappa shape index (κ2) is 7.26. The van der Waals surface area contributed by atoms with Gasteiger partial charge in [-0.3, -0.25) is 5.10 Å². The number of aromatic amines is 1. The van der Waals surface area contributed by atoms with Crippen LogP contribution < -0.4 is 16.0 Å². The van der Waals surface area contributed by atoms with E-state index in [1.807, 2.05) is 0 Å². The van der Waals surface area contributed by atoms with Gasteiger partial charge in [-0.2, -0.15) is 5.10 Å². The molecule has 1 aromatic carbocycles. The minimum atomic E-state index is -0.397. The lowest BCUT2D eigenvalue weighted by Crippen LogP contribution is -2.12. The molecule has 21 heavy (non-hydrogen) atoms. The molecule has 2 rings (SSSR count). The van der Waals surface area contributed by atoms with Gasteiger partial charge < -0.3 is 10.2 Å². The maximum absolute atomic E-state index is 14.1. The lowest BCUT2D eigenvalue weighted by atomic mass is 9.99. The number of rotatable bonds is 8. The zero-order chi connectivity index (χ0) is 15.2. The Morgan fingerprint density at radius 1 is 1.33 bits per heavy atom. The fourth-order valence-electron chi connectivity index (χ4n) is 2.61. The fourth-order valence-corrected chi connectivity index (χ4v) is 2.61. The van der Waals surface area contributed by atoms with E-state index < -0.39 is 5.82 Å². The molecule has 6 heteroatoms. The second-order valence-corrected chi connectivity index (χ2v) is 5.30. The zero-order valence-electron chi connectivity index (χ0n) is 12.6. The topological polar surface area (TPSA) is 76.0 Å². The molecule has 5 nitrogen and oxygen atoms in total. The molecule has 0 amide bonds. The first-order valence-corrected chi connectivity index (χ1v) is 7.46. The second-order valence-electron chi connectivity index (χ2n) is 5.30. The van der Waals surface area contributed by atoms with Crippen molar-refractivity contribution in [1.82, 2.24) is 10.2 Å². The van der Waals surface area contributed by atoms with Crippen LogP contribution in [-0.2, 0) is 0 Å². The Bertz CT molecular complexity index is 578. The highest BCUT2D eigenvalue weighted by molar-refractivity contribution is 5.91. The van der Waals surface area contributed by atoms with Gasteiger partial charge in [-0.25, -0.2) is 10.2 Å². The number of anilines is 1. The summed E-state index contributed by atoms with van der Waals surface area (Å²) in [6.07, 6.45) is 4.52. The number of nitrogen functional groups attached to an aromatic ring is 1. The molecular formula is C15H23FN4O. The Morgan fingerprint density at radius 2 is 2.05 bits per heavy atom. The van der Waals surface area contributed by atoms with Crippen molar-refractivity contribution in [2.24, 2.45) is 11.8 Å². The van der Waals surface area contributed by atoms with E-state index in [4.69, 9.17) is 10.6 Å². The third-order valence-electron chi connectivity index (χ3n) is 3.60. The highest BCUT2D eigenvalue weighted by atomic mass is 19.1. The van der Waals surface area contributed by atoms with Gasteiger partial charge in [0.2, 0.25) is 0 Å². The number of nitrogens with zero attached hydrogens (tertiary/aromatic N) is 1. The molecule has 0 aliphatic rings. The van der Waals surface area contributed by atoms with E-state index in [0.29, 0.717) is 35.0 Å². The molecule has 1 aromatic heterocycles. The first-order valence-electron chi connectivity index (χ1n) is 7.46. The Balaban J connectivity index is 2.12. The number of benzene rings is 1. The number of ether oxygens (including phenoxy) is 1. The minimum absolute atomic E-state index is 0.295. The maximum Gasteiger partial charge on any atom is 0.172 e. The Labute approximate surface area is 124 Å². The highest BCUT2D eigenvalue weighted by Crippen LogP contribution is 2.28. The van der Waals surface area contributed by atoms with E-state index in [0.717, 1.165) is 25.7 Å². The van der Waals surface area contributed by atoms with Crippen molar-refractivity contribution in [2.45, 2.75) is 39.5 Å². The van der Waals surface area contributed by atoms with Crippen LogP contribution in [0.5, 0.6) is 5.75 Å². The van der Waals surface area contributed by atoms with E-state index in [9.17, 15) is 4.39 Å². The molecule has 0 bridgehead atoms. The van der Waals surface area contributed by atoms with Crippen LogP contribution in [-0.4, -0.2) is 16.8 Å². The number of nitrogens with two attached hydrogens (primary N) is 1. The molecular weight excluding hydrogens is 271 g/mol. The molecule has 2 aromatic rings. The van der Waals surface area contributed by atoms with Crippen LogP contribution in [0.15, 0.2) is 12.1 Å². The van der Waals surface area contributed by atoms with E-state index in [2.05, 4.69) is 29.5 Å². The summed E-state index contributed by atoms with van der Waals surface area (Å²) < 4.78 is 19.9. The van der Waals surface area contributed by atoms with Gasteiger partial charge in [-0.05, 0) is 18.8 Å². The molecule has 0 atom stereocenters. The van der Waals surface area contributed by atoms with Crippen molar-refractivity contribution in [3.8, 4) is 5.75 Å². The van der Waals surface area contributed by atoms with Crippen LogP contribution in [0.25, 0.3) is 10.9 Å². The van der Waals surface area contributed by atoms with Gasteiger partial charge in [-0.15, -0.1) is 0 Å². The highest BCUT2D eigenvalue weighted by Gasteiger charge is 2.13. The number of nitrogens with one attached hydrogen (secondary N) is 2. The van der Waals surface area contributed by atoms with Crippen LogP contribution in [0, 0.1) is 11.7 Å². The lowest BCUT2D eigenvalue weighted by molar-refractivity contribution is 0.229. The van der Waals surface area contributed by atoms with Crippen LogP contribution in [0.4, 0.5) is 10.2 Å². The number of halogens is 1. The number of hydrogen-bond acceptors (Lipinski definition) is 4. The van der Waals surface area contributed by atoms with Crippen molar-refractivity contribution in [3.63, 3.8) is 0 Å². The van der Waals surface area contributed by atoms with Gasteiger partial charge in [-0.1, -0.05) is 26.7 Å². The summed E-state index contributed by atoms with van der Waals surface area (Å²) in [6.45, 7) is 4.95. The van der Waals surface area contributed by atoms with Gasteiger partial charge in [0, 0.05) is 12.1 Å². The average Bonchev–Trinajstić information content (AvgIpc) is 2.89. The molecule has 116 valence electrons. The summed E-state index contributed by atoms with van der Waals surface area (Å²) in [5.41, 5.74) is 2.94. The SMILES string of the molecule is CCCC(CCC)COc1cc(F)c2c(NN)n[nH]c2c1. The molecule has 0 saturated carbocycles. The number of aromatic nitrogens is 2. The van der Waals surface area contributed by atoms with Crippen LogP contribution in [0.1, 0.15) is 39.5 Å². The van der Waals surface area contributed by atoms with Crippen molar-refractivity contribution >= 4 is 16.7 Å². The zero-order valence-corrected chi connectivity index (χ0v) is 12.6. The van der Waals surface area contributed by atoms with E-state index in [1.54, 1.807) is 6.07 Å². The normalized spacial score (nSPS) is 11.3. The van der Waals surface area contributed by atoms with E-state index in [-0.39, 0.29) is 0 Å². The molecule has 4 N–H and O–H groups in total. The minimum Gasteiger partial charge on any atom is -0.493 e. The standard InChI is InChI=1S/C15H23FN4O/c1-3-5-10(6-4-2)9-21-11-7-12(16)14-13(8-11)19-20-15(14)18-17/h7-8,10H,3-6,9,17H2,1-2H3,(H2,18,19,20).